The number of amides is 1. The molecule has 2 heterocycles. The molecule has 1 amide bonds. The Morgan fingerprint density at radius 1 is 1.38 bits per heavy atom. The molecule has 2 aromatic heterocycles. The van der Waals surface area contributed by atoms with Gasteiger partial charge in [0, 0.05) is 34.9 Å². The fourth-order valence-corrected chi connectivity index (χ4v) is 2.74. The van der Waals surface area contributed by atoms with Crippen LogP contribution in [0.3, 0.4) is 0 Å². The van der Waals surface area contributed by atoms with Gasteiger partial charge in [0.15, 0.2) is 4.96 Å². The van der Waals surface area contributed by atoms with Gasteiger partial charge in [-0.15, -0.1) is 11.3 Å². The number of nitrogens with one attached hydrogen (secondary N) is 1. The Morgan fingerprint density at radius 3 is 2.81 bits per heavy atom. The highest BCUT2D eigenvalue weighted by Crippen LogP contribution is 2.23. The minimum absolute atomic E-state index is 0.0320. The first kappa shape index (κ1) is 13.8. The first-order chi connectivity index (χ1) is 10.2. The maximum atomic E-state index is 11.9. The molecule has 3 aromatic rings. The van der Waals surface area contributed by atoms with Gasteiger partial charge in [-0.1, -0.05) is 26.0 Å². The van der Waals surface area contributed by atoms with Crippen molar-refractivity contribution in [2.75, 3.05) is 5.32 Å². The SMILES string of the molecule is CCC(C)C(=O)Nc1ccc(-c2cn3ccsc3n2)cc1. The van der Waals surface area contributed by atoms with Crippen LogP contribution in [-0.4, -0.2) is 15.3 Å². The Bertz CT molecular complexity index is 729. The summed E-state index contributed by atoms with van der Waals surface area (Å²) in [4.78, 5) is 17.4. The van der Waals surface area contributed by atoms with Gasteiger partial charge < -0.3 is 5.32 Å². The summed E-state index contributed by atoms with van der Waals surface area (Å²) in [6.07, 6.45) is 4.85. The van der Waals surface area contributed by atoms with E-state index in [2.05, 4.69) is 10.3 Å². The Kier molecular flexibility index (Phi) is 3.75. The number of rotatable bonds is 4. The van der Waals surface area contributed by atoms with Gasteiger partial charge in [0.25, 0.3) is 0 Å². The van der Waals surface area contributed by atoms with E-state index in [0.29, 0.717) is 0 Å². The Morgan fingerprint density at radius 2 is 2.14 bits per heavy atom. The average Bonchev–Trinajstić information content (AvgIpc) is 3.08. The van der Waals surface area contributed by atoms with E-state index in [9.17, 15) is 4.79 Å². The van der Waals surface area contributed by atoms with Crippen molar-refractivity contribution in [2.45, 2.75) is 20.3 Å². The van der Waals surface area contributed by atoms with Crippen molar-refractivity contribution >= 4 is 27.9 Å². The number of hydrogen-bond acceptors (Lipinski definition) is 3. The van der Waals surface area contributed by atoms with Crippen LogP contribution in [-0.2, 0) is 4.79 Å². The molecule has 1 atom stereocenters. The third-order valence-electron chi connectivity index (χ3n) is 3.60. The van der Waals surface area contributed by atoms with Crippen LogP contribution in [0.15, 0.2) is 42.0 Å². The molecule has 3 rings (SSSR count). The number of hydrogen-bond donors (Lipinski definition) is 1. The molecule has 1 aromatic carbocycles. The van der Waals surface area contributed by atoms with Crippen molar-refractivity contribution in [1.82, 2.24) is 9.38 Å². The summed E-state index contributed by atoms with van der Waals surface area (Å²) in [6, 6.07) is 7.81. The first-order valence-corrected chi connectivity index (χ1v) is 7.89. The predicted molar refractivity (Wildman–Crippen MR) is 86.6 cm³/mol. The van der Waals surface area contributed by atoms with E-state index >= 15 is 0 Å². The van der Waals surface area contributed by atoms with E-state index in [1.54, 1.807) is 11.3 Å². The lowest BCUT2D eigenvalue weighted by molar-refractivity contribution is -0.119. The third kappa shape index (κ3) is 2.83. The zero-order chi connectivity index (χ0) is 14.8. The molecule has 0 aliphatic rings. The highest BCUT2D eigenvalue weighted by Gasteiger charge is 2.11. The number of benzene rings is 1. The number of imidazole rings is 1. The van der Waals surface area contributed by atoms with Crippen LogP contribution >= 0.6 is 11.3 Å². The molecule has 108 valence electrons. The smallest absolute Gasteiger partial charge is 0.227 e. The van der Waals surface area contributed by atoms with Crippen LogP contribution in [0.2, 0.25) is 0 Å². The van der Waals surface area contributed by atoms with E-state index < -0.39 is 0 Å². The zero-order valence-electron chi connectivity index (χ0n) is 12.0. The number of carbonyl (C=O) groups is 1. The molecule has 1 unspecified atom stereocenters. The molecule has 0 radical (unpaired) electrons. The van der Waals surface area contributed by atoms with Crippen molar-refractivity contribution in [3.8, 4) is 11.3 Å². The molecule has 0 aliphatic heterocycles. The van der Waals surface area contributed by atoms with Crippen molar-refractivity contribution in [3.63, 3.8) is 0 Å². The molecule has 0 saturated heterocycles. The van der Waals surface area contributed by atoms with Gasteiger partial charge in [-0.3, -0.25) is 9.20 Å². The van der Waals surface area contributed by atoms with Gasteiger partial charge >= 0.3 is 0 Å². The van der Waals surface area contributed by atoms with Gasteiger partial charge in [0.05, 0.1) is 5.69 Å². The largest absolute Gasteiger partial charge is 0.326 e. The number of nitrogens with zero attached hydrogens (tertiary/aromatic N) is 2. The second-order valence-electron chi connectivity index (χ2n) is 5.09. The summed E-state index contributed by atoms with van der Waals surface area (Å²) in [5, 5.41) is 4.94. The maximum absolute atomic E-state index is 11.9. The summed E-state index contributed by atoms with van der Waals surface area (Å²) in [5.74, 6) is 0.0948. The molecule has 0 saturated carbocycles. The molecule has 0 aliphatic carbocycles. The fourth-order valence-electron chi connectivity index (χ4n) is 2.04. The van der Waals surface area contributed by atoms with Gasteiger partial charge in [0.2, 0.25) is 5.91 Å². The summed E-state index contributed by atoms with van der Waals surface area (Å²) in [5.41, 5.74) is 2.82. The topological polar surface area (TPSA) is 46.4 Å². The van der Waals surface area contributed by atoms with Crippen molar-refractivity contribution in [1.29, 1.82) is 0 Å². The van der Waals surface area contributed by atoms with Gasteiger partial charge in [-0.2, -0.15) is 0 Å². The van der Waals surface area contributed by atoms with Crippen LogP contribution < -0.4 is 5.32 Å². The highest BCUT2D eigenvalue weighted by molar-refractivity contribution is 7.15. The number of thiazole rings is 1. The van der Waals surface area contributed by atoms with Gasteiger partial charge in [0.1, 0.15) is 0 Å². The quantitative estimate of drug-likeness (QED) is 0.790. The lowest BCUT2D eigenvalue weighted by atomic mass is 10.1. The summed E-state index contributed by atoms with van der Waals surface area (Å²) < 4.78 is 2.01. The molecular weight excluding hydrogens is 282 g/mol. The second-order valence-corrected chi connectivity index (χ2v) is 5.97. The Balaban J connectivity index is 1.77. The molecule has 21 heavy (non-hydrogen) atoms. The van der Waals surface area contributed by atoms with Gasteiger partial charge in [-0.05, 0) is 18.6 Å². The lowest BCUT2D eigenvalue weighted by Crippen LogP contribution is -2.19. The third-order valence-corrected chi connectivity index (χ3v) is 4.37. The van der Waals surface area contributed by atoms with Crippen molar-refractivity contribution in [2.24, 2.45) is 5.92 Å². The minimum Gasteiger partial charge on any atom is -0.326 e. The number of carbonyl (C=O) groups excluding carboxylic acids is 1. The molecule has 4 nitrogen and oxygen atoms in total. The number of anilines is 1. The van der Waals surface area contributed by atoms with Crippen LogP contribution in [0.5, 0.6) is 0 Å². The highest BCUT2D eigenvalue weighted by atomic mass is 32.1. The zero-order valence-corrected chi connectivity index (χ0v) is 12.9. The molecule has 5 heteroatoms. The first-order valence-electron chi connectivity index (χ1n) is 7.01. The standard InChI is InChI=1S/C16H17N3OS/c1-3-11(2)15(20)17-13-6-4-12(5-7-13)14-10-19-8-9-21-16(19)18-14/h4-11H,3H2,1-2H3,(H,17,20). The maximum Gasteiger partial charge on any atom is 0.227 e. The minimum atomic E-state index is 0.0320. The van der Waals surface area contributed by atoms with Crippen LogP contribution in [0.1, 0.15) is 20.3 Å². The molecule has 1 N–H and O–H groups in total. The summed E-state index contributed by atoms with van der Waals surface area (Å²) >= 11 is 1.61. The Hall–Kier alpha value is -2.14. The summed E-state index contributed by atoms with van der Waals surface area (Å²) in [7, 11) is 0. The fraction of sp³-hybridized carbons (Fsp3) is 0.250. The Labute approximate surface area is 127 Å². The van der Waals surface area contributed by atoms with Crippen LogP contribution in [0.25, 0.3) is 16.2 Å². The normalized spacial score (nSPS) is 12.5. The van der Waals surface area contributed by atoms with E-state index in [0.717, 1.165) is 28.3 Å². The van der Waals surface area contributed by atoms with Crippen LogP contribution in [0.4, 0.5) is 5.69 Å². The van der Waals surface area contributed by atoms with Crippen molar-refractivity contribution in [3.05, 3.63) is 42.0 Å². The molecular formula is C16H17N3OS. The van der Waals surface area contributed by atoms with E-state index in [1.165, 1.54) is 0 Å². The number of aromatic nitrogens is 2. The number of fused-ring (bicyclic) bond motifs is 1. The van der Waals surface area contributed by atoms with E-state index in [-0.39, 0.29) is 11.8 Å². The van der Waals surface area contributed by atoms with E-state index in [4.69, 9.17) is 0 Å². The van der Waals surface area contributed by atoms with E-state index in [1.807, 2.05) is 60.3 Å². The van der Waals surface area contributed by atoms with Gasteiger partial charge in [-0.25, -0.2) is 4.98 Å². The molecule has 0 bridgehead atoms. The predicted octanol–water partition coefficient (Wildman–Crippen LogP) is 4.05. The monoisotopic (exact) mass is 299 g/mol. The summed E-state index contributed by atoms with van der Waals surface area (Å²) in [6.45, 7) is 3.94. The average molecular weight is 299 g/mol. The van der Waals surface area contributed by atoms with Crippen LogP contribution in [0, 0.1) is 5.92 Å². The molecule has 0 fully saturated rings. The molecule has 0 spiro atoms. The van der Waals surface area contributed by atoms with Crippen molar-refractivity contribution < 1.29 is 4.79 Å². The lowest BCUT2D eigenvalue weighted by Gasteiger charge is -2.10. The second kappa shape index (κ2) is 5.69.